The molecule has 3 rings (SSSR count). The number of carbonyl (C=O) groups is 1. The molecule has 1 aliphatic rings. The van der Waals surface area contributed by atoms with Gasteiger partial charge in [0.15, 0.2) is 0 Å². The number of sulfonamides is 1. The summed E-state index contributed by atoms with van der Waals surface area (Å²) in [6.07, 6.45) is 1.65. The molecule has 0 spiro atoms. The number of rotatable bonds is 7. The predicted octanol–water partition coefficient (Wildman–Crippen LogP) is 3.91. The van der Waals surface area contributed by atoms with Crippen LogP contribution in [0.2, 0.25) is 0 Å². The van der Waals surface area contributed by atoms with Crippen molar-refractivity contribution in [1.29, 1.82) is 0 Å². The number of anilines is 1. The van der Waals surface area contributed by atoms with Crippen molar-refractivity contribution in [3.8, 4) is 0 Å². The molecule has 28 heavy (non-hydrogen) atoms. The van der Waals surface area contributed by atoms with Crippen molar-refractivity contribution in [3.05, 3.63) is 59.2 Å². The summed E-state index contributed by atoms with van der Waals surface area (Å²) < 4.78 is 28.1. The Balaban J connectivity index is 1.75. The van der Waals surface area contributed by atoms with Gasteiger partial charge in [0.1, 0.15) is 0 Å². The molecule has 2 aromatic carbocycles. The van der Waals surface area contributed by atoms with E-state index in [0.717, 1.165) is 24.0 Å². The second-order valence-electron chi connectivity index (χ2n) is 8.14. The van der Waals surface area contributed by atoms with Gasteiger partial charge in [0, 0.05) is 12.2 Å². The summed E-state index contributed by atoms with van der Waals surface area (Å²) in [5, 5.41) is 3.02. The van der Waals surface area contributed by atoms with E-state index in [1.54, 1.807) is 31.2 Å². The third-order valence-electron chi connectivity index (χ3n) is 5.17. The zero-order valence-corrected chi connectivity index (χ0v) is 17.7. The number of nitrogens with one attached hydrogen (secondary N) is 2. The topological polar surface area (TPSA) is 75.3 Å². The van der Waals surface area contributed by atoms with Crippen molar-refractivity contribution >= 4 is 21.6 Å². The summed E-state index contributed by atoms with van der Waals surface area (Å²) in [7, 11) is -3.66. The molecule has 0 atom stereocenters. The molecule has 2 aromatic rings. The molecule has 6 heteroatoms. The molecular formula is C22H28N2O3S. The Hall–Kier alpha value is -2.34. The second kappa shape index (κ2) is 7.59. The Bertz CT molecular complexity index is 975. The summed E-state index contributed by atoms with van der Waals surface area (Å²) in [4.78, 5) is 12.8. The highest BCUT2D eigenvalue weighted by atomic mass is 32.2. The molecule has 0 saturated heterocycles. The maximum absolute atomic E-state index is 12.7. The molecule has 5 nitrogen and oxygen atoms in total. The summed E-state index contributed by atoms with van der Waals surface area (Å²) in [6.45, 7) is 8.51. The van der Waals surface area contributed by atoms with Crippen LogP contribution in [0.3, 0.4) is 0 Å². The number of hydrogen-bond acceptors (Lipinski definition) is 3. The second-order valence-corrected chi connectivity index (χ2v) is 9.79. The monoisotopic (exact) mass is 400 g/mol. The Morgan fingerprint density at radius 1 is 1.07 bits per heavy atom. The predicted molar refractivity (Wildman–Crippen MR) is 112 cm³/mol. The van der Waals surface area contributed by atoms with E-state index in [2.05, 4.69) is 23.9 Å². The number of amides is 1. The number of benzene rings is 2. The fraction of sp³-hybridized carbons (Fsp3) is 0.409. The smallest absolute Gasteiger partial charge is 0.262 e. The van der Waals surface area contributed by atoms with E-state index in [9.17, 15) is 13.2 Å². The van der Waals surface area contributed by atoms with Crippen molar-refractivity contribution < 1.29 is 13.2 Å². The lowest BCUT2D eigenvalue weighted by atomic mass is 9.94. The first-order valence-electron chi connectivity index (χ1n) is 9.63. The SMILES string of the molecule is Cc1ccc(S(=O)(=O)Nc2ccc(C3(C(=O)NCC(C)C)CC3)cc2)c(C)c1. The zero-order valence-electron chi connectivity index (χ0n) is 16.9. The molecule has 1 amide bonds. The molecule has 0 radical (unpaired) electrons. The summed E-state index contributed by atoms with van der Waals surface area (Å²) in [6, 6.07) is 12.4. The van der Waals surface area contributed by atoms with Crippen molar-refractivity contribution in [2.75, 3.05) is 11.3 Å². The quantitative estimate of drug-likeness (QED) is 0.740. The molecule has 1 saturated carbocycles. The van der Waals surface area contributed by atoms with Gasteiger partial charge >= 0.3 is 0 Å². The minimum Gasteiger partial charge on any atom is -0.355 e. The van der Waals surface area contributed by atoms with Crippen LogP contribution < -0.4 is 10.0 Å². The molecule has 2 N–H and O–H groups in total. The van der Waals surface area contributed by atoms with Crippen LogP contribution in [-0.2, 0) is 20.2 Å². The zero-order chi connectivity index (χ0) is 20.5. The van der Waals surface area contributed by atoms with E-state index in [-0.39, 0.29) is 10.8 Å². The highest BCUT2D eigenvalue weighted by Gasteiger charge is 2.51. The van der Waals surface area contributed by atoms with Gasteiger partial charge in [0.25, 0.3) is 10.0 Å². The molecular weight excluding hydrogens is 372 g/mol. The van der Waals surface area contributed by atoms with E-state index in [1.165, 1.54) is 0 Å². The molecule has 0 aromatic heterocycles. The molecule has 150 valence electrons. The number of carbonyl (C=O) groups excluding carboxylic acids is 1. The summed E-state index contributed by atoms with van der Waals surface area (Å²) in [5.41, 5.74) is 2.69. The van der Waals surface area contributed by atoms with Crippen molar-refractivity contribution in [2.45, 2.75) is 50.8 Å². The highest BCUT2D eigenvalue weighted by molar-refractivity contribution is 7.92. The number of aryl methyl sites for hydroxylation is 2. The van der Waals surface area contributed by atoms with Gasteiger partial charge in [-0.2, -0.15) is 0 Å². The van der Waals surface area contributed by atoms with Gasteiger partial charge < -0.3 is 5.32 Å². The van der Waals surface area contributed by atoms with Crippen LogP contribution >= 0.6 is 0 Å². The van der Waals surface area contributed by atoms with Gasteiger partial charge in [0.2, 0.25) is 5.91 Å². The molecule has 0 unspecified atom stereocenters. The first-order chi connectivity index (χ1) is 13.1. The van der Waals surface area contributed by atoms with E-state index in [0.29, 0.717) is 23.7 Å². The van der Waals surface area contributed by atoms with Crippen LogP contribution in [0.4, 0.5) is 5.69 Å². The molecule has 1 aliphatic carbocycles. The maximum Gasteiger partial charge on any atom is 0.262 e. The fourth-order valence-corrected chi connectivity index (χ4v) is 4.69. The highest BCUT2D eigenvalue weighted by Crippen LogP contribution is 2.48. The lowest BCUT2D eigenvalue weighted by Crippen LogP contribution is -2.36. The lowest BCUT2D eigenvalue weighted by molar-refractivity contribution is -0.123. The lowest BCUT2D eigenvalue weighted by Gasteiger charge is -2.17. The normalized spacial score (nSPS) is 15.3. The van der Waals surface area contributed by atoms with Crippen LogP contribution in [0, 0.1) is 19.8 Å². The third-order valence-corrected chi connectivity index (χ3v) is 6.71. The Morgan fingerprint density at radius 2 is 1.71 bits per heavy atom. The third kappa shape index (κ3) is 4.22. The Morgan fingerprint density at radius 3 is 2.25 bits per heavy atom. The van der Waals surface area contributed by atoms with Gasteiger partial charge in [-0.05, 0) is 61.9 Å². The van der Waals surface area contributed by atoms with Gasteiger partial charge in [-0.3, -0.25) is 9.52 Å². The fourth-order valence-electron chi connectivity index (χ4n) is 3.41. The van der Waals surface area contributed by atoms with Gasteiger partial charge in [-0.25, -0.2) is 8.42 Å². The first-order valence-corrected chi connectivity index (χ1v) is 11.1. The van der Waals surface area contributed by atoms with Crippen molar-refractivity contribution in [3.63, 3.8) is 0 Å². The molecule has 0 heterocycles. The molecule has 0 aliphatic heterocycles. The van der Waals surface area contributed by atoms with Crippen LogP contribution in [-0.4, -0.2) is 20.9 Å². The number of hydrogen-bond donors (Lipinski definition) is 2. The minimum absolute atomic E-state index is 0.0600. The minimum atomic E-state index is -3.66. The van der Waals surface area contributed by atoms with Crippen LogP contribution in [0.15, 0.2) is 47.4 Å². The van der Waals surface area contributed by atoms with E-state index in [1.807, 2.05) is 25.1 Å². The molecule has 1 fully saturated rings. The van der Waals surface area contributed by atoms with Crippen molar-refractivity contribution in [1.82, 2.24) is 5.32 Å². The maximum atomic E-state index is 12.7. The summed E-state index contributed by atoms with van der Waals surface area (Å²) in [5.74, 6) is 0.464. The Kier molecular flexibility index (Phi) is 5.53. The van der Waals surface area contributed by atoms with E-state index < -0.39 is 15.4 Å². The largest absolute Gasteiger partial charge is 0.355 e. The molecule has 0 bridgehead atoms. The van der Waals surface area contributed by atoms with Crippen LogP contribution in [0.1, 0.15) is 43.4 Å². The first kappa shape index (κ1) is 20.4. The average Bonchev–Trinajstić information content (AvgIpc) is 3.41. The van der Waals surface area contributed by atoms with Crippen LogP contribution in [0.5, 0.6) is 0 Å². The van der Waals surface area contributed by atoms with Gasteiger partial charge in [-0.1, -0.05) is 43.7 Å². The van der Waals surface area contributed by atoms with Gasteiger partial charge in [0.05, 0.1) is 10.3 Å². The summed E-state index contributed by atoms with van der Waals surface area (Å²) >= 11 is 0. The van der Waals surface area contributed by atoms with Crippen molar-refractivity contribution in [2.24, 2.45) is 5.92 Å². The standard InChI is InChI=1S/C22H28N2O3S/c1-15(2)14-23-21(25)22(11-12-22)18-6-8-19(9-7-18)24-28(26,27)20-10-5-16(3)13-17(20)4/h5-10,13,15,24H,11-12,14H2,1-4H3,(H,23,25). The van der Waals surface area contributed by atoms with Gasteiger partial charge in [-0.15, -0.1) is 0 Å². The Labute approximate surface area is 167 Å². The van der Waals surface area contributed by atoms with E-state index in [4.69, 9.17) is 0 Å². The average molecular weight is 401 g/mol. The van der Waals surface area contributed by atoms with E-state index >= 15 is 0 Å². The van der Waals surface area contributed by atoms with Crippen LogP contribution in [0.25, 0.3) is 0 Å².